The van der Waals surface area contributed by atoms with Gasteiger partial charge in [-0.2, -0.15) is 0 Å². The second kappa shape index (κ2) is 9.87. The van der Waals surface area contributed by atoms with E-state index in [1.165, 1.54) is 24.3 Å². The highest BCUT2D eigenvalue weighted by Crippen LogP contribution is 2.44. The third-order valence-corrected chi connectivity index (χ3v) is 5.43. The molecule has 5 N–H and O–H groups in total. The van der Waals surface area contributed by atoms with Crippen molar-refractivity contribution in [3.8, 4) is 40.1 Å². The Balaban J connectivity index is 1.86. The van der Waals surface area contributed by atoms with Crippen LogP contribution in [0.5, 0.6) is 28.7 Å². The Morgan fingerprint density at radius 2 is 1.57 bits per heavy atom. The van der Waals surface area contributed by atoms with Gasteiger partial charge in [-0.05, 0) is 24.3 Å². The predicted molar refractivity (Wildman–Crippen MR) is 122 cm³/mol. The molecule has 0 saturated carbocycles. The number of phenolic OH excluding ortho intramolecular Hbond substituents is 3. The molecule has 1 aromatic heterocycles. The maximum atomic E-state index is 12.9. The lowest BCUT2D eigenvalue weighted by atomic mass is 10.0. The standard InChI is InChI=1S/C24H22O13/c1-9(25)34-21-15(30)8-33-24(23(21)35-10(2)26)37-20-14(29)7-13(28)16-17(31)18(32)19(36-22(16)20)11-3-5-12(27)6-4-11/h3-7,15,21,23-24,27-30,32H,8H2,1-2H3/t15-,21+,23+,24+/m0/s1. The summed E-state index contributed by atoms with van der Waals surface area (Å²) < 4.78 is 27.1. The largest absolute Gasteiger partial charge is 0.508 e. The Hall–Kier alpha value is -4.49. The van der Waals surface area contributed by atoms with Gasteiger partial charge in [-0.1, -0.05) is 0 Å². The summed E-state index contributed by atoms with van der Waals surface area (Å²) in [5, 5.41) is 50.6. The van der Waals surface area contributed by atoms with Crippen LogP contribution in [0.2, 0.25) is 0 Å². The smallest absolute Gasteiger partial charge is 0.303 e. The molecule has 0 unspecified atom stereocenters. The number of benzene rings is 2. The monoisotopic (exact) mass is 518 g/mol. The van der Waals surface area contributed by atoms with Crippen molar-refractivity contribution in [3.63, 3.8) is 0 Å². The van der Waals surface area contributed by atoms with Gasteiger partial charge in [0.2, 0.25) is 29.3 Å². The van der Waals surface area contributed by atoms with Crippen LogP contribution in [0.3, 0.4) is 0 Å². The third-order valence-electron chi connectivity index (χ3n) is 5.43. The van der Waals surface area contributed by atoms with Crippen LogP contribution < -0.4 is 10.2 Å². The normalized spacial score (nSPS) is 21.4. The zero-order valence-corrected chi connectivity index (χ0v) is 19.4. The lowest BCUT2D eigenvalue weighted by Crippen LogP contribution is -2.58. The molecule has 196 valence electrons. The molecule has 0 bridgehead atoms. The predicted octanol–water partition coefficient (Wildman–Crippen LogP) is 1.24. The van der Waals surface area contributed by atoms with Gasteiger partial charge in [0.1, 0.15) is 23.0 Å². The molecule has 3 aromatic rings. The number of hydrogen-bond donors (Lipinski definition) is 5. The molecule has 37 heavy (non-hydrogen) atoms. The quantitative estimate of drug-likeness (QED) is 0.302. The number of aliphatic hydroxyl groups excluding tert-OH is 1. The Bertz CT molecular complexity index is 1410. The summed E-state index contributed by atoms with van der Waals surface area (Å²) in [5.74, 6) is -4.98. The van der Waals surface area contributed by atoms with Crippen LogP contribution in [0, 0.1) is 0 Å². The molecular formula is C24H22O13. The first-order valence-corrected chi connectivity index (χ1v) is 10.8. The van der Waals surface area contributed by atoms with E-state index in [9.17, 15) is 39.9 Å². The minimum Gasteiger partial charge on any atom is -0.508 e. The molecule has 1 saturated heterocycles. The second-order valence-electron chi connectivity index (χ2n) is 8.14. The number of rotatable bonds is 5. The van der Waals surface area contributed by atoms with E-state index < -0.39 is 82.5 Å². The number of phenols is 3. The molecule has 13 nitrogen and oxygen atoms in total. The van der Waals surface area contributed by atoms with Crippen molar-refractivity contribution in [2.75, 3.05) is 6.61 Å². The van der Waals surface area contributed by atoms with Crippen LogP contribution in [0.1, 0.15) is 13.8 Å². The molecule has 2 heterocycles. The molecule has 1 aliphatic heterocycles. The Morgan fingerprint density at radius 3 is 2.19 bits per heavy atom. The van der Waals surface area contributed by atoms with Gasteiger partial charge in [-0.25, -0.2) is 0 Å². The van der Waals surface area contributed by atoms with E-state index in [-0.39, 0.29) is 17.1 Å². The Labute approximate surface area is 207 Å². The van der Waals surface area contributed by atoms with Crippen LogP contribution in [-0.2, 0) is 23.8 Å². The van der Waals surface area contributed by atoms with Crippen LogP contribution in [0.15, 0.2) is 39.5 Å². The van der Waals surface area contributed by atoms with Crippen molar-refractivity contribution in [2.45, 2.75) is 38.4 Å². The summed E-state index contributed by atoms with van der Waals surface area (Å²) in [6, 6.07) is 5.99. The van der Waals surface area contributed by atoms with Gasteiger partial charge in [0.05, 0.1) is 6.61 Å². The first kappa shape index (κ1) is 25.6. The average Bonchev–Trinajstić information content (AvgIpc) is 2.82. The second-order valence-corrected chi connectivity index (χ2v) is 8.14. The number of fused-ring (bicyclic) bond motifs is 1. The molecule has 0 radical (unpaired) electrons. The van der Waals surface area contributed by atoms with Gasteiger partial charge in [-0.3, -0.25) is 14.4 Å². The molecule has 0 amide bonds. The SMILES string of the molecule is CC(=O)O[C@H]1[C@@H](Oc2c(O)cc(O)c3c(=O)c(O)c(-c4ccc(O)cc4)oc23)OC[C@H](O)[C@H]1OC(C)=O. The van der Waals surface area contributed by atoms with Crippen molar-refractivity contribution >= 4 is 22.9 Å². The number of ether oxygens (including phenoxy) is 4. The fraction of sp³-hybridized carbons (Fsp3) is 0.292. The van der Waals surface area contributed by atoms with Crippen molar-refractivity contribution in [1.82, 2.24) is 0 Å². The van der Waals surface area contributed by atoms with E-state index in [1.807, 2.05) is 0 Å². The molecule has 2 aromatic carbocycles. The van der Waals surface area contributed by atoms with Crippen molar-refractivity contribution in [2.24, 2.45) is 0 Å². The van der Waals surface area contributed by atoms with E-state index in [2.05, 4.69) is 0 Å². The molecule has 1 aliphatic rings. The van der Waals surface area contributed by atoms with E-state index in [4.69, 9.17) is 23.4 Å². The first-order chi connectivity index (χ1) is 17.5. The van der Waals surface area contributed by atoms with Crippen molar-refractivity contribution in [1.29, 1.82) is 0 Å². The number of hydrogen-bond acceptors (Lipinski definition) is 13. The Kier molecular flexibility index (Phi) is 6.83. The fourth-order valence-electron chi connectivity index (χ4n) is 3.85. The van der Waals surface area contributed by atoms with Crippen molar-refractivity contribution < 1.29 is 58.5 Å². The Morgan fingerprint density at radius 1 is 0.946 bits per heavy atom. The van der Waals surface area contributed by atoms with E-state index >= 15 is 0 Å². The molecule has 0 spiro atoms. The van der Waals surface area contributed by atoms with Gasteiger partial charge in [0.25, 0.3) is 0 Å². The number of aromatic hydroxyl groups is 4. The van der Waals surface area contributed by atoms with E-state index in [0.717, 1.165) is 19.9 Å². The zero-order chi connectivity index (χ0) is 27.0. The molecule has 0 aliphatic carbocycles. The number of aliphatic hydroxyl groups is 1. The molecule has 13 heteroatoms. The molecule has 4 atom stereocenters. The molecule has 4 rings (SSSR count). The van der Waals surface area contributed by atoms with Gasteiger partial charge in [0, 0.05) is 25.5 Å². The lowest BCUT2D eigenvalue weighted by Gasteiger charge is -2.38. The lowest BCUT2D eigenvalue weighted by molar-refractivity contribution is -0.256. The minimum atomic E-state index is -1.59. The maximum Gasteiger partial charge on any atom is 0.303 e. The number of esters is 2. The summed E-state index contributed by atoms with van der Waals surface area (Å²) in [7, 11) is 0. The summed E-state index contributed by atoms with van der Waals surface area (Å²) in [4.78, 5) is 36.3. The van der Waals surface area contributed by atoms with Crippen LogP contribution in [-0.4, -0.2) is 68.7 Å². The summed E-state index contributed by atoms with van der Waals surface area (Å²) in [5.41, 5.74) is -1.42. The fourth-order valence-corrected chi connectivity index (χ4v) is 3.85. The minimum absolute atomic E-state index is 0.0961. The number of carbonyl (C=O) groups is 2. The van der Waals surface area contributed by atoms with Crippen LogP contribution in [0.25, 0.3) is 22.3 Å². The van der Waals surface area contributed by atoms with E-state index in [1.54, 1.807) is 0 Å². The summed E-state index contributed by atoms with van der Waals surface area (Å²) in [6.45, 7) is 1.71. The third kappa shape index (κ3) is 4.94. The highest BCUT2D eigenvalue weighted by Gasteiger charge is 2.46. The molecular weight excluding hydrogens is 496 g/mol. The summed E-state index contributed by atoms with van der Waals surface area (Å²) >= 11 is 0. The van der Waals surface area contributed by atoms with E-state index in [0.29, 0.717) is 0 Å². The average molecular weight is 518 g/mol. The van der Waals surface area contributed by atoms with Gasteiger partial charge in [0.15, 0.2) is 23.2 Å². The number of carbonyl (C=O) groups excluding carboxylic acids is 2. The van der Waals surface area contributed by atoms with Gasteiger partial charge in [-0.15, -0.1) is 0 Å². The van der Waals surface area contributed by atoms with Crippen molar-refractivity contribution in [3.05, 3.63) is 40.6 Å². The van der Waals surface area contributed by atoms with Gasteiger partial charge >= 0.3 is 11.9 Å². The zero-order valence-electron chi connectivity index (χ0n) is 19.4. The van der Waals surface area contributed by atoms with Crippen LogP contribution in [0.4, 0.5) is 0 Å². The van der Waals surface area contributed by atoms with Crippen LogP contribution >= 0.6 is 0 Å². The highest BCUT2D eigenvalue weighted by atomic mass is 16.7. The molecule has 1 fully saturated rings. The summed E-state index contributed by atoms with van der Waals surface area (Å²) in [6.07, 6.45) is -5.91. The maximum absolute atomic E-state index is 12.9. The topological polar surface area (TPSA) is 202 Å². The van der Waals surface area contributed by atoms with Gasteiger partial charge < -0.3 is 48.9 Å². The highest BCUT2D eigenvalue weighted by molar-refractivity contribution is 5.93. The first-order valence-electron chi connectivity index (χ1n) is 10.8.